The first-order valence-electron chi connectivity index (χ1n) is 3.44. The highest BCUT2D eigenvalue weighted by atomic mass is 16.5. The van der Waals surface area contributed by atoms with Crippen molar-refractivity contribution in [1.29, 1.82) is 0 Å². The molecule has 1 atom stereocenters. The summed E-state index contributed by atoms with van der Waals surface area (Å²) in [6, 6.07) is 0. The smallest absolute Gasteiger partial charge is 0.227 e. The molecular formula is C7H10O3. The van der Waals surface area contributed by atoms with Crippen molar-refractivity contribution in [2.45, 2.75) is 25.9 Å². The van der Waals surface area contributed by atoms with Crippen LogP contribution in [0.15, 0.2) is 0 Å². The molecule has 0 aromatic carbocycles. The molecule has 3 heteroatoms. The lowest BCUT2D eigenvalue weighted by Crippen LogP contribution is -2.36. The second-order valence-electron chi connectivity index (χ2n) is 2.31. The van der Waals surface area contributed by atoms with Gasteiger partial charge in [-0.25, -0.2) is 0 Å². The predicted molar refractivity (Wildman–Crippen MR) is 34.7 cm³/mol. The molecular weight excluding hydrogens is 132 g/mol. The Kier molecular flexibility index (Phi) is 2.17. The maximum atomic E-state index is 10.9. The van der Waals surface area contributed by atoms with Crippen molar-refractivity contribution in [3.63, 3.8) is 0 Å². The van der Waals surface area contributed by atoms with Gasteiger partial charge in [-0.05, 0) is 6.42 Å². The third-order valence-electron chi connectivity index (χ3n) is 1.59. The maximum absolute atomic E-state index is 10.9. The molecule has 56 valence electrons. The fourth-order valence-corrected chi connectivity index (χ4v) is 0.976. The molecule has 1 rings (SSSR count). The van der Waals surface area contributed by atoms with Crippen molar-refractivity contribution in [2.24, 2.45) is 0 Å². The summed E-state index contributed by atoms with van der Waals surface area (Å²) >= 11 is 0. The second-order valence-corrected chi connectivity index (χ2v) is 2.31. The Labute approximate surface area is 59.4 Å². The fourth-order valence-electron chi connectivity index (χ4n) is 0.976. The van der Waals surface area contributed by atoms with Gasteiger partial charge in [0.2, 0.25) is 11.6 Å². The first-order chi connectivity index (χ1) is 4.75. The second kappa shape index (κ2) is 2.92. The van der Waals surface area contributed by atoms with Gasteiger partial charge in [-0.2, -0.15) is 0 Å². The molecule has 0 spiro atoms. The van der Waals surface area contributed by atoms with Crippen LogP contribution in [0.2, 0.25) is 0 Å². The molecule has 1 fully saturated rings. The fraction of sp³-hybridized carbons (Fsp3) is 0.714. The highest BCUT2D eigenvalue weighted by molar-refractivity contribution is 6.39. The van der Waals surface area contributed by atoms with E-state index >= 15 is 0 Å². The van der Waals surface area contributed by atoms with Gasteiger partial charge >= 0.3 is 0 Å². The van der Waals surface area contributed by atoms with E-state index in [1.54, 1.807) is 0 Å². The molecule has 0 bridgehead atoms. The quantitative estimate of drug-likeness (QED) is 0.495. The summed E-state index contributed by atoms with van der Waals surface area (Å²) in [7, 11) is 0. The molecule has 3 nitrogen and oxygen atoms in total. The zero-order valence-corrected chi connectivity index (χ0v) is 5.92. The van der Waals surface area contributed by atoms with Crippen molar-refractivity contribution in [1.82, 2.24) is 0 Å². The molecule has 0 aromatic heterocycles. The van der Waals surface area contributed by atoms with Crippen molar-refractivity contribution in [3.8, 4) is 0 Å². The van der Waals surface area contributed by atoms with E-state index < -0.39 is 6.10 Å². The number of ether oxygens (including phenoxy) is 1. The molecule has 0 saturated carbocycles. The van der Waals surface area contributed by atoms with Crippen LogP contribution in [0.1, 0.15) is 19.8 Å². The standard InChI is InChI=1S/C7H10O3/c1-2-6-7(9)5(8)3-4-10-6/h6H,2-4H2,1H3. The molecule has 1 unspecified atom stereocenters. The van der Waals surface area contributed by atoms with Crippen LogP contribution in [0.5, 0.6) is 0 Å². The Balaban J connectivity index is 2.60. The number of hydrogen-bond acceptors (Lipinski definition) is 3. The predicted octanol–water partition coefficient (Wildman–Crippen LogP) is 0.323. The molecule has 0 aliphatic carbocycles. The normalized spacial score (nSPS) is 27.1. The molecule has 1 aliphatic rings. The summed E-state index contributed by atoms with van der Waals surface area (Å²) in [5.41, 5.74) is 0. The molecule has 10 heavy (non-hydrogen) atoms. The van der Waals surface area contributed by atoms with Gasteiger partial charge < -0.3 is 4.74 Å². The van der Waals surface area contributed by atoms with E-state index in [-0.39, 0.29) is 18.0 Å². The van der Waals surface area contributed by atoms with Gasteiger partial charge in [0, 0.05) is 6.42 Å². The number of carbonyl (C=O) groups excluding carboxylic acids is 2. The summed E-state index contributed by atoms with van der Waals surface area (Å²) in [6.45, 7) is 2.24. The minimum absolute atomic E-state index is 0.259. The Morgan fingerprint density at radius 1 is 1.60 bits per heavy atom. The zero-order valence-electron chi connectivity index (χ0n) is 5.92. The largest absolute Gasteiger partial charge is 0.369 e. The molecule has 1 saturated heterocycles. The number of rotatable bonds is 1. The van der Waals surface area contributed by atoms with Crippen molar-refractivity contribution in [2.75, 3.05) is 6.61 Å². The topological polar surface area (TPSA) is 43.4 Å². The van der Waals surface area contributed by atoms with Gasteiger partial charge in [-0.3, -0.25) is 9.59 Å². The van der Waals surface area contributed by atoms with E-state index in [9.17, 15) is 9.59 Å². The Hall–Kier alpha value is -0.700. The van der Waals surface area contributed by atoms with Crippen LogP contribution >= 0.6 is 0 Å². The van der Waals surface area contributed by atoms with Crippen LogP contribution in [0.4, 0.5) is 0 Å². The minimum Gasteiger partial charge on any atom is -0.369 e. The van der Waals surface area contributed by atoms with Crippen molar-refractivity contribution < 1.29 is 14.3 Å². The molecule has 0 N–H and O–H groups in total. The highest BCUT2D eigenvalue weighted by Crippen LogP contribution is 2.08. The van der Waals surface area contributed by atoms with Gasteiger partial charge in [-0.1, -0.05) is 6.92 Å². The zero-order chi connectivity index (χ0) is 7.56. The van der Waals surface area contributed by atoms with E-state index in [2.05, 4.69) is 0 Å². The van der Waals surface area contributed by atoms with E-state index in [4.69, 9.17) is 4.74 Å². The number of carbonyl (C=O) groups is 2. The van der Waals surface area contributed by atoms with Crippen LogP contribution in [0, 0.1) is 0 Å². The minimum atomic E-state index is -0.457. The Bertz CT molecular complexity index is 162. The van der Waals surface area contributed by atoms with Crippen LogP contribution < -0.4 is 0 Å². The van der Waals surface area contributed by atoms with E-state index in [1.165, 1.54) is 0 Å². The van der Waals surface area contributed by atoms with E-state index in [1.807, 2.05) is 6.92 Å². The highest BCUT2D eigenvalue weighted by Gasteiger charge is 2.28. The van der Waals surface area contributed by atoms with Crippen molar-refractivity contribution >= 4 is 11.6 Å². The van der Waals surface area contributed by atoms with Gasteiger partial charge in [0.1, 0.15) is 6.10 Å². The Morgan fingerprint density at radius 2 is 2.30 bits per heavy atom. The lowest BCUT2D eigenvalue weighted by atomic mass is 10.0. The third kappa shape index (κ3) is 1.24. The average molecular weight is 142 g/mol. The Morgan fingerprint density at radius 3 is 2.80 bits per heavy atom. The van der Waals surface area contributed by atoms with Gasteiger partial charge in [0.25, 0.3) is 0 Å². The number of Topliss-reactive ketones (excluding diaryl/α,β-unsaturated/α-hetero) is 2. The molecule has 0 radical (unpaired) electrons. The monoisotopic (exact) mass is 142 g/mol. The summed E-state index contributed by atoms with van der Waals surface area (Å²) in [5, 5.41) is 0. The van der Waals surface area contributed by atoms with Crippen LogP contribution in [0.3, 0.4) is 0 Å². The lowest BCUT2D eigenvalue weighted by molar-refractivity contribution is -0.149. The van der Waals surface area contributed by atoms with E-state index in [0.29, 0.717) is 13.0 Å². The first-order valence-corrected chi connectivity index (χ1v) is 3.44. The lowest BCUT2D eigenvalue weighted by Gasteiger charge is -2.18. The average Bonchev–Trinajstić information content (AvgIpc) is 1.95. The van der Waals surface area contributed by atoms with E-state index in [0.717, 1.165) is 0 Å². The van der Waals surface area contributed by atoms with Gasteiger partial charge in [-0.15, -0.1) is 0 Å². The van der Waals surface area contributed by atoms with Crippen LogP contribution in [0.25, 0.3) is 0 Å². The summed E-state index contributed by atoms with van der Waals surface area (Å²) in [6.07, 6.45) is 0.404. The van der Waals surface area contributed by atoms with Crippen LogP contribution in [-0.2, 0) is 14.3 Å². The third-order valence-corrected chi connectivity index (χ3v) is 1.59. The number of hydrogen-bond donors (Lipinski definition) is 0. The van der Waals surface area contributed by atoms with Crippen molar-refractivity contribution in [3.05, 3.63) is 0 Å². The summed E-state index contributed by atoms with van der Waals surface area (Å²) in [4.78, 5) is 21.6. The van der Waals surface area contributed by atoms with Crippen LogP contribution in [-0.4, -0.2) is 24.3 Å². The van der Waals surface area contributed by atoms with Gasteiger partial charge in [0.15, 0.2) is 0 Å². The molecule has 0 amide bonds. The van der Waals surface area contributed by atoms with Gasteiger partial charge in [0.05, 0.1) is 6.61 Å². The number of ketones is 2. The summed E-state index contributed by atoms with van der Waals surface area (Å²) in [5.74, 6) is -0.633. The molecule has 1 heterocycles. The SMILES string of the molecule is CCC1OCCC(=O)C1=O. The first kappa shape index (κ1) is 7.41. The maximum Gasteiger partial charge on any atom is 0.227 e. The summed E-state index contributed by atoms with van der Waals surface area (Å²) < 4.78 is 5.04. The molecule has 0 aromatic rings. The molecule has 1 aliphatic heterocycles.